The quantitative estimate of drug-likeness (QED) is 0.677. The van der Waals surface area contributed by atoms with E-state index in [1.165, 1.54) is 0 Å². The van der Waals surface area contributed by atoms with Crippen LogP contribution in [0.4, 0.5) is 0 Å². The molecule has 7 heteroatoms. The largest absolute Gasteiger partial charge is 0.325 e. The van der Waals surface area contributed by atoms with Crippen molar-refractivity contribution in [2.24, 2.45) is 5.73 Å². The number of nitrogens with zero attached hydrogens (tertiary/aromatic N) is 1. The smallest absolute Gasteiger partial charge is 0.255 e. The van der Waals surface area contributed by atoms with E-state index in [1.807, 2.05) is 12.1 Å². The number of carbonyl (C=O) groups excluding carboxylic acids is 3. The molecule has 2 aliphatic heterocycles. The number of rotatable bonds is 4. The Labute approximate surface area is 165 Å². The molecule has 0 spiro atoms. The third-order valence-electron chi connectivity index (χ3n) is 6.31. The third kappa shape index (κ3) is 3.82. The van der Waals surface area contributed by atoms with Gasteiger partial charge in [-0.25, -0.2) is 0 Å². The lowest BCUT2D eigenvalue weighted by Gasteiger charge is -2.34. The van der Waals surface area contributed by atoms with Gasteiger partial charge in [0.15, 0.2) is 0 Å². The van der Waals surface area contributed by atoms with E-state index in [4.69, 9.17) is 5.73 Å². The Balaban J connectivity index is 1.38. The second-order valence-electron chi connectivity index (χ2n) is 8.70. The number of benzene rings is 1. The number of imide groups is 1. The number of hydrogen-bond acceptors (Lipinski definition) is 5. The van der Waals surface area contributed by atoms with Gasteiger partial charge in [-0.3, -0.25) is 19.7 Å². The molecule has 2 fully saturated rings. The molecule has 1 atom stereocenters. The summed E-state index contributed by atoms with van der Waals surface area (Å²) in [6.45, 7) is 3.30. The first-order valence-electron chi connectivity index (χ1n) is 10.1. The maximum atomic E-state index is 12.7. The van der Waals surface area contributed by atoms with E-state index in [0.717, 1.165) is 43.4 Å². The average Bonchev–Trinajstić information content (AvgIpc) is 2.97. The first-order valence-corrected chi connectivity index (χ1v) is 10.1. The lowest BCUT2D eigenvalue weighted by Crippen LogP contribution is -2.52. The van der Waals surface area contributed by atoms with E-state index in [2.05, 4.69) is 23.6 Å². The van der Waals surface area contributed by atoms with E-state index < -0.39 is 6.04 Å². The number of nitrogens with two attached hydrogens (primary N) is 1. The Morgan fingerprint density at radius 1 is 1.21 bits per heavy atom. The summed E-state index contributed by atoms with van der Waals surface area (Å²) in [5.74, 6) is -0.765. The van der Waals surface area contributed by atoms with Crippen LogP contribution in [-0.4, -0.2) is 40.2 Å². The van der Waals surface area contributed by atoms with Crippen molar-refractivity contribution >= 4 is 17.7 Å². The van der Waals surface area contributed by atoms with Crippen LogP contribution in [0.2, 0.25) is 0 Å². The topological polar surface area (TPSA) is 105 Å². The van der Waals surface area contributed by atoms with Gasteiger partial charge in [0, 0.05) is 36.7 Å². The predicted octanol–water partition coefficient (Wildman–Crippen LogP) is 1.20. The molecule has 0 radical (unpaired) electrons. The molecule has 4 rings (SSSR count). The van der Waals surface area contributed by atoms with Gasteiger partial charge < -0.3 is 16.0 Å². The lowest BCUT2D eigenvalue weighted by atomic mass is 9.81. The molecular formula is C21H28N4O3. The maximum Gasteiger partial charge on any atom is 0.255 e. The van der Waals surface area contributed by atoms with Gasteiger partial charge in [-0.1, -0.05) is 12.1 Å². The monoisotopic (exact) mass is 384 g/mol. The predicted molar refractivity (Wildman–Crippen MR) is 104 cm³/mol. The zero-order valence-electron chi connectivity index (χ0n) is 16.3. The SMILES string of the molecule is CC1(N)CCC(NCc2ccc3c(c2)CN(C2CCC(=O)NC2=O)C3=O)CC1. The highest BCUT2D eigenvalue weighted by Crippen LogP contribution is 2.29. The van der Waals surface area contributed by atoms with Crippen molar-refractivity contribution in [2.75, 3.05) is 0 Å². The van der Waals surface area contributed by atoms with Gasteiger partial charge in [0.25, 0.3) is 5.91 Å². The summed E-state index contributed by atoms with van der Waals surface area (Å²) in [7, 11) is 0. The second-order valence-corrected chi connectivity index (χ2v) is 8.70. The van der Waals surface area contributed by atoms with Gasteiger partial charge in [-0.05, 0) is 56.2 Å². The number of piperidine rings is 1. The average molecular weight is 384 g/mol. The highest BCUT2D eigenvalue weighted by Gasteiger charge is 2.39. The van der Waals surface area contributed by atoms with Crippen LogP contribution in [0.3, 0.4) is 0 Å². The summed E-state index contributed by atoms with van der Waals surface area (Å²) in [4.78, 5) is 37.8. The van der Waals surface area contributed by atoms with Crippen molar-refractivity contribution in [3.05, 3.63) is 34.9 Å². The van der Waals surface area contributed by atoms with E-state index >= 15 is 0 Å². The van der Waals surface area contributed by atoms with Crippen LogP contribution >= 0.6 is 0 Å². The minimum Gasteiger partial charge on any atom is -0.325 e. The summed E-state index contributed by atoms with van der Waals surface area (Å²) in [5, 5.41) is 5.95. The molecular weight excluding hydrogens is 356 g/mol. The summed E-state index contributed by atoms with van der Waals surface area (Å²) in [6, 6.07) is 5.81. The molecule has 4 N–H and O–H groups in total. The number of amides is 3. The highest BCUT2D eigenvalue weighted by molar-refractivity contribution is 6.05. The van der Waals surface area contributed by atoms with Crippen molar-refractivity contribution in [3.8, 4) is 0 Å². The molecule has 1 saturated carbocycles. The molecule has 150 valence electrons. The molecule has 0 aromatic heterocycles. The molecule has 1 saturated heterocycles. The molecule has 2 heterocycles. The van der Waals surface area contributed by atoms with Crippen LogP contribution in [0, 0.1) is 0 Å². The van der Waals surface area contributed by atoms with Crippen LogP contribution in [0.15, 0.2) is 18.2 Å². The van der Waals surface area contributed by atoms with Gasteiger partial charge in [-0.15, -0.1) is 0 Å². The van der Waals surface area contributed by atoms with Crippen molar-refractivity contribution in [3.63, 3.8) is 0 Å². The summed E-state index contributed by atoms with van der Waals surface area (Å²) < 4.78 is 0. The van der Waals surface area contributed by atoms with Gasteiger partial charge in [-0.2, -0.15) is 0 Å². The first-order chi connectivity index (χ1) is 13.3. The summed E-state index contributed by atoms with van der Waals surface area (Å²) >= 11 is 0. The van der Waals surface area contributed by atoms with E-state index in [0.29, 0.717) is 24.6 Å². The van der Waals surface area contributed by atoms with Gasteiger partial charge in [0.05, 0.1) is 0 Å². The number of hydrogen-bond donors (Lipinski definition) is 3. The molecule has 28 heavy (non-hydrogen) atoms. The summed E-state index contributed by atoms with van der Waals surface area (Å²) in [5.41, 5.74) is 8.91. The number of fused-ring (bicyclic) bond motifs is 1. The van der Waals surface area contributed by atoms with Crippen LogP contribution in [0.25, 0.3) is 0 Å². The van der Waals surface area contributed by atoms with Gasteiger partial charge >= 0.3 is 0 Å². The van der Waals surface area contributed by atoms with Crippen LogP contribution in [0.1, 0.15) is 66.9 Å². The Hall–Kier alpha value is -2.25. The minimum atomic E-state index is -0.563. The number of nitrogens with one attached hydrogen (secondary N) is 2. The van der Waals surface area contributed by atoms with E-state index in [1.54, 1.807) is 4.90 Å². The van der Waals surface area contributed by atoms with Crippen molar-refractivity contribution in [2.45, 2.75) is 76.2 Å². The second kappa shape index (κ2) is 7.29. The molecule has 1 aromatic carbocycles. The van der Waals surface area contributed by atoms with Crippen molar-refractivity contribution < 1.29 is 14.4 Å². The molecule has 0 bridgehead atoms. The van der Waals surface area contributed by atoms with Crippen molar-refractivity contribution in [1.82, 2.24) is 15.5 Å². The van der Waals surface area contributed by atoms with E-state index in [-0.39, 0.29) is 29.7 Å². The lowest BCUT2D eigenvalue weighted by molar-refractivity contribution is -0.136. The molecule has 3 aliphatic rings. The molecule has 1 unspecified atom stereocenters. The van der Waals surface area contributed by atoms with E-state index in [9.17, 15) is 14.4 Å². The normalized spacial score (nSPS) is 30.4. The fourth-order valence-corrected chi connectivity index (χ4v) is 4.48. The molecule has 1 aromatic rings. The van der Waals surface area contributed by atoms with Crippen LogP contribution < -0.4 is 16.4 Å². The first kappa shape index (κ1) is 19.1. The van der Waals surface area contributed by atoms with Crippen molar-refractivity contribution in [1.29, 1.82) is 0 Å². The molecule has 1 aliphatic carbocycles. The zero-order valence-corrected chi connectivity index (χ0v) is 16.3. The number of carbonyl (C=O) groups is 3. The minimum absolute atomic E-state index is 0.0361. The Morgan fingerprint density at radius 2 is 1.96 bits per heavy atom. The molecule has 3 amide bonds. The van der Waals surface area contributed by atoms with Crippen LogP contribution in [0.5, 0.6) is 0 Å². The molecule has 7 nitrogen and oxygen atoms in total. The van der Waals surface area contributed by atoms with Gasteiger partial charge in [0.1, 0.15) is 6.04 Å². The Kier molecular flexibility index (Phi) is 4.97. The Bertz CT molecular complexity index is 810. The van der Waals surface area contributed by atoms with Gasteiger partial charge in [0.2, 0.25) is 11.8 Å². The Morgan fingerprint density at radius 3 is 2.68 bits per heavy atom. The van der Waals surface area contributed by atoms with Crippen LogP contribution in [-0.2, 0) is 22.7 Å². The summed E-state index contributed by atoms with van der Waals surface area (Å²) in [6.07, 6.45) is 4.89. The maximum absolute atomic E-state index is 12.7. The fourth-order valence-electron chi connectivity index (χ4n) is 4.48. The standard InChI is InChI=1S/C21H28N4O3/c1-21(22)8-6-15(7-9-21)23-11-13-2-3-16-14(10-13)12-25(20(16)28)17-4-5-18(26)24-19(17)27/h2-3,10,15,17,23H,4-9,11-12,22H2,1H3,(H,24,26,27). The zero-order chi connectivity index (χ0) is 19.9. The fraction of sp³-hybridized carbons (Fsp3) is 0.571. The third-order valence-corrected chi connectivity index (χ3v) is 6.31. The highest BCUT2D eigenvalue weighted by atomic mass is 16.2.